The molecule has 3 nitrogen and oxygen atoms in total. The van der Waals surface area contributed by atoms with Crippen LogP contribution in [-0.4, -0.2) is 25.7 Å². The van der Waals surface area contributed by atoms with Crippen molar-refractivity contribution in [1.82, 2.24) is 5.32 Å². The van der Waals surface area contributed by atoms with Crippen molar-refractivity contribution < 1.29 is 9.53 Å². The average Bonchev–Trinajstić information content (AvgIpc) is 2.29. The summed E-state index contributed by atoms with van der Waals surface area (Å²) in [6.07, 6.45) is 5.02. The summed E-state index contributed by atoms with van der Waals surface area (Å²) < 4.78 is 4.89. The highest BCUT2D eigenvalue weighted by Gasteiger charge is 2.17. The molecule has 0 aromatic rings. The van der Waals surface area contributed by atoms with Gasteiger partial charge in [0.1, 0.15) is 0 Å². The van der Waals surface area contributed by atoms with Gasteiger partial charge < -0.3 is 10.1 Å². The van der Waals surface area contributed by atoms with Crippen LogP contribution in [0.25, 0.3) is 0 Å². The third kappa shape index (κ3) is 8.29. The molecule has 0 saturated carbocycles. The quantitative estimate of drug-likeness (QED) is 0.370. The average molecular weight is 255 g/mol. The van der Waals surface area contributed by atoms with Gasteiger partial charge >= 0.3 is 5.97 Å². The Morgan fingerprint density at radius 3 is 2.50 bits per heavy atom. The van der Waals surface area contributed by atoms with Crippen LogP contribution in [0.1, 0.15) is 53.4 Å². The molecule has 0 aliphatic heterocycles. The van der Waals surface area contributed by atoms with E-state index in [1.807, 2.05) is 0 Å². The Balaban J connectivity index is 3.81. The van der Waals surface area contributed by atoms with Crippen LogP contribution in [-0.2, 0) is 9.53 Å². The lowest BCUT2D eigenvalue weighted by Gasteiger charge is -2.25. The Kier molecular flexibility index (Phi) is 8.73. The van der Waals surface area contributed by atoms with Gasteiger partial charge in [0.25, 0.3) is 0 Å². The lowest BCUT2D eigenvalue weighted by molar-refractivity contribution is -0.138. The lowest BCUT2D eigenvalue weighted by Crippen LogP contribution is -2.32. The first-order chi connectivity index (χ1) is 8.43. The topological polar surface area (TPSA) is 38.3 Å². The lowest BCUT2D eigenvalue weighted by atomic mass is 9.87. The Hall–Kier alpha value is -0.830. The van der Waals surface area contributed by atoms with E-state index in [9.17, 15) is 4.79 Å². The van der Waals surface area contributed by atoms with E-state index in [1.165, 1.54) is 25.7 Å². The molecule has 0 bridgehead atoms. The maximum Gasteiger partial charge on any atom is 0.334 e. The summed E-state index contributed by atoms with van der Waals surface area (Å²) in [7, 11) is 0. The molecule has 0 fully saturated rings. The number of esters is 1. The molecule has 0 saturated heterocycles. The van der Waals surface area contributed by atoms with Crippen LogP contribution in [0.15, 0.2) is 12.2 Å². The summed E-state index contributed by atoms with van der Waals surface area (Å²) in [5.41, 5.74) is 0.769. The van der Waals surface area contributed by atoms with E-state index < -0.39 is 0 Å². The summed E-state index contributed by atoms with van der Waals surface area (Å²) >= 11 is 0. The van der Waals surface area contributed by atoms with E-state index in [0.29, 0.717) is 18.7 Å². The number of rotatable bonds is 10. The van der Waals surface area contributed by atoms with Crippen LogP contribution in [0.5, 0.6) is 0 Å². The van der Waals surface area contributed by atoms with Crippen molar-refractivity contribution in [2.75, 3.05) is 19.7 Å². The molecule has 0 aliphatic rings. The maximum absolute atomic E-state index is 11.3. The third-order valence-electron chi connectivity index (χ3n) is 2.96. The second kappa shape index (κ2) is 9.15. The van der Waals surface area contributed by atoms with Crippen LogP contribution in [0.3, 0.4) is 0 Å². The van der Waals surface area contributed by atoms with Crippen molar-refractivity contribution in [3.8, 4) is 0 Å². The highest BCUT2D eigenvalue weighted by Crippen LogP contribution is 2.22. The number of unbranched alkanes of at least 4 members (excludes halogenated alkanes) is 2. The van der Waals surface area contributed by atoms with Gasteiger partial charge in [-0.2, -0.15) is 0 Å². The second-order valence-electron chi connectivity index (χ2n) is 5.55. The third-order valence-corrected chi connectivity index (χ3v) is 2.96. The molecule has 106 valence electrons. The molecule has 3 heteroatoms. The highest BCUT2D eigenvalue weighted by molar-refractivity contribution is 5.88. The fourth-order valence-corrected chi connectivity index (χ4v) is 1.80. The molecular weight excluding hydrogens is 226 g/mol. The van der Waals surface area contributed by atoms with Crippen molar-refractivity contribution in [2.24, 2.45) is 5.41 Å². The van der Waals surface area contributed by atoms with E-state index in [4.69, 9.17) is 4.74 Å². The summed E-state index contributed by atoms with van der Waals surface area (Å²) in [4.78, 5) is 11.3. The number of carbonyl (C=O) groups is 1. The zero-order valence-corrected chi connectivity index (χ0v) is 12.5. The molecule has 0 heterocycles. The van der Waals surface area contributed by atoms with Crippen molar-refractivity contribution in [3.63, 3.8) is 0 Å². The first kappa shape index (κ1) is 17.2. The van der Waals surface area contributed by atoms with E-state index in [-0.39, 0.29) is 11.4 Å². The van der Waals surface area contributed by atoms with Crippen molar-refractivity contribution in [2.45, 2.75) is 53.4 Å². The minimum atomic E-state index is -0.297. The first-order valence-electron chi connectivity index (χ1n) is 6.98. The Bertz CT molecular complexity index is 259. The summed E-state index contributed by atoms with van der Waals surface area (Å²) in [6, 6.07) is 0. The fourth-order valence-electron chi connectivity index (χ4n) is 1.80. The minimum Gasteiger partial charge on any atom is -0.463 e. The van der Waals surface area contributed by atoms with Gasteiger partial charge in [-0.3, -0.25) is 0 Å². The Labute approximate surface area is 112 Å². The SMILES string of the molecule is C=C(CNCC(C)(C)CCCCC)C(=O)OCC. The molecule has 0 aromatic carbocycles. The molecule has 18 heavy (non-hydrogen) atoms. The number of carbonyl (C=O) groups excluding carboxylic acids is 1. The summed E-state index contributed by atoms with van der Waals surface area (Å²) in [6.45, 7) is 14.1. The van der Waals surface area contributed by atoms with E-state index in [2.05, 4.69) is 32.7 Å². The largest absolute Gasteiger partial charge is 0.463 e. The van der Waals surface area contributed by atoms with Crippen LogP contribution >= 0.6 is 0 Å². The minimum absolute atomic E-state index is 0.268. The number of ether oxygens (including phenoxy) is 1. The van der Waals surface area contributed by atoms with Crippen molar-refractivity contribution in [1.29, 1.82) is 0 Å². The predicted octanol–water partition coefficient (Wildman–Crippen LogP) is 3.30. The maximum atomic E-state index is 11.3. The van der Waals surface area contributed by atoms with E-state index >= 15 is 0 Å². The molecular formula is C15H29NO2. The van der Waals surface area contributed by atoms with Gasteiger partial charge in [0.2, 0.25) is 0 Å². The highest BCUT2D eigenvalue weighted by atomic mass is 16.5. The standard InChI is InChI=1S/C15H29NO2/c1-6-8-9-10-15(4,5)12-16-11-13(3)14(17)18-7-2/h16H,3,6-12H2,1-2,4-5H3. The molecule has 0 aliphatic carbocycles. The predicted molar refractivity (Wildman–Crippen MR) is 76.6 cm³/mol. The molecule has 0 amide bonds. The van der Waals surface area contributed by atoms with Crippen LogP contribution < -0.4 is 5.32 Å². The van der Waals surface area contributed by atoms with Gasteiger partial charge in [0.15, 0.2) is 0 Å². The van der Waals surface area contributed by atoms with Crippen LogP contribution in [0, 0.1) is 5.41 Å². The number of hydrogen-bond acceptors (Lipinski definition) is 3. The van der Waals surface area contributed by atoms with E-state index in [1.54, 1.807) is 6.92 Å². The van der Waals surface area contributed by atoms with Gasteiger partial charge in [-0.25, -0.2) is 4.79 Å². The summed E-state index contributed by atoms with van der Waals surface area (Å²) in [5.74, 6) is -0.297. The Morgan fingerprint density at radius 1 is 1.28 bits per heavy atom. The zero-order valence-electron chi connectivity index (χ0n) is 12.5. The normalized spacial score (nSPS) is 11.3. The van der Waals surface area contributed by atoms with E-state index in [0.717, 1.165) is 6.54 Å². The van der Waals surface area contributed by atoms with Crippen LogP contribution in [0.2, 0.25) is 0 Å². The second-order valence-corrected chi connectivity index (χ2v) is 5.55. The first-order valence-corrected chi connectivity index (χ1v) is 6.98. The van der Waals surface area contributed by atoms with Crippen molar-refractivity contribution >= 4 is 5.97 Å². The molecule has 0 aromatic heterocycles. The van der Waals surface area contributed by atoms with Gasteiger partial charge in [-0.1, -0.05) is 46.6 Å². The van der Waals surface area contributed by atoms with Gasteiger partial charge in [0.05, 0.1) is 6.61 Å². The molecule has 0 radical (unpaired) electrons. The number of hydrogen-bond donors (Lipinski definition) is 1. The number of nitrogens with one attached hydrogen (secondary N) is 1. The summed E-state index contributed by atoms with van der Waals surface area (Å²) in [5, 5.41) is 3.29. The molecule has 1 N–H and O–H groups in total. The van der Waals surface area contributed by atoms with Crippen molar-refractivity contribution in [3.05, 3.63) is 12.2 Å². The molecule has 0 atom stereocenters. The van der Waals surface area contributed by atoms with Gasteiger partial charge in [0, 0.05) is 18.7 Å². The van der Waals surface area contributed by atoms with Gasteiger partial charge in [-0.15, -0.1) is 0 Å². The smallest absolute Gasteiger partial charge is 0.334 e. The van der Waals surface area contributed by atoms with Crippen LogP contribution in [0.4, 0.5) is 0 Å². The molecule has 0 spiro atoms. The Morgan fingerprint density at radius 2 is 1.94 bits per heavy atom. The molecule has 0 unspecified atom stereocenters. The zero-order chi connectivity index (χ0) is 14.0. The fraction of sp³-hybridized carbons (Fsp3) is 0.800. The molecule has 0 rings (SSSR count). The van der Waals surface area contributed by atoms with Gasteiger partial charge in [-0.05, 0) is 18.8 Å². The monoisotopic (exact) mass is 255 g/mol.